The second-order valence-corrected chi connectivity index (χ2v) is 7.59. The van der Waals surface area contributed by atoms with E-state index in [4.69, 9.17) is 9.47 Å². The second-order valence-electron chi connectivity index (χ2n) is 7.59. The van der Waals surface area contributed by atoms with Gasteiger partial charge in [0, 0.05) is 7.05 Å². The number of ether oxygens (including phenoxy) is 2. The molecule has 2 rings (SSSR count). The third kappa shape index (κ3) is 6.20. The molecule has 0 bridgehead atoms. The van der Waals surface area contributed by atoms with Gasteiger partial charge < -0.3 is 19.5 Å². The van der Waals surface area contributed by atoms with Crippen LogP contribution in [0.3, 0.4) is 0 Å². The summed E-state index contributed by atoms with van der Waals surface area (Å²) >= 11 is 0. The quantitative estimate of drug-likeness (QED) is 0.781. The Morgan fingerprint density at radius 1 is 1.15 bits per heavy atom. The summed E-state index contributed by atoms with van der Waals surface area (Å²) in [5, 5.41) is 9.86. The lowest BCUT2D eigenvalue weighted by Gasteiger charge is -2.31. The molecule has 0 aliphatic rings. The summed E-state index contributed by atoms with van der Waals surface area (Å²) in [4.78, 5) is 14.2. The first kappa shape index (κ1) is 20.6. The molecule has 5 heteroatoms. The Bertz CT molecular complexity index is 750. The lowest BCUT2D eigenvalue weighted by atomic mass is 9.97. The molecule has 1 unspecified atom stereocenters. The molecule has 2 aromatic carbocycles. The van der Waals surface area contributed by atoms with Crippen LogP contribution in [0.25, 0.3) is 0 Å². The molecule has 0 saturated heterocycles. The number of methoxy groups -OCH3 is 1. The van der Waals surface area contributed by atoms with Crippen molar-refractivity contribution in [1.29, 1.82) is 0 Å². The summed E-state index contributed by atoms with van der Waals surface area (Å²) in [6.45, 7) is 5.54. The first-order chi connectivity index (χ1) is 12.7. The summed E-state index contributed by atoms with van der Waals surface area (Å²) in [5.74, 6) is 0.994. The molecule has 0 saturated carbocycles. The maximum Gasteiger partial charge on any atom is 0.410 e. The van der Waals surface area contributed by atoms with Gasteiger partial charge in [-0.1, -0.05) is 24.3 Å². The number of carbonyl (C=O) groups excluding carboxylic acids is 1. The third-order valence-corrected chi connectivity index (χ3v) is 4.27. The third-order valence-electron chi connectivity index (χ3n) is 4.27. The Balaban J connectivity index is 2.19. The van der Waals surface area contributed by atoms with E-state index in [0.29, 0.717) is 6.42 Å². The van der Waals surface area contributed by atoms with Gasteiger partial charge in [-0.3, -0.25) is 0 Å². The molecule has 1 amide bonds. The van der Waals surface area contributed by atoms with Crippen LogP contribution < -0.4 is 4.74 Å². The van der Waals surface area contributed by atoms with Crippen molar-refractivity contribution in [1.82, 2.24) is 4.90 Å². The molecule has 0 radical (unpaired) electrons. The van der Waals surface area contributed by atoms with Gasteiger partial charge in [-0.25, -0.2) is 4.79 Å². The summed E-state index contributed by atoms with van der Waals surface area (Å²) in [7, 11) is 3.37. The van der Waals surface area contributed by atoms with Crippen molar-refractivity contribution >= 4 is 6.09 Å². The number of phenolic OH excluding ortho intramolecular Hbond substituents is 1. The van der Waals surface area contributed by atoms with Gasteiger partial charge in [-0.05, 0) is 69.0 Å². The lowest BCUT2D eigenvalue weighted by Crippen LogP contribution is -2.36. The molecular formula is C22H29NO4. The topological polar surface area (TPSA) is 59.0 Å². The van der Waals surface area contributed by atoms with Gasteiger partial charge in [0.2, 0.25) is 0 Å². The van der Waals surface area contributed by atoms with Gasteiger partial charge in [0.15, 0.2) is 0 Å². The molecular weight excluding hydrogens is 342 g/mol. The molecule has 1 N–H and O–H groups in total. The molecule has 0 spiro atoms. The van der Waals surface area contributed by atoms with Gasteiger partial charge in [0.1, 0.15) is 17.1 Å². The fraction of sp³-hybridized carbons (Fsp3) is 0.409. The van der Waals surface area contributed by atoms with Crippen LogP contribution in [-0.4, -0.2) is 35.9 Å². The Hall–Kier alpha value is -2.69. The molecule has 0 aromatic heterocycles. The Labute approximate surface area is 161 Å². The van der Waals surface area contributed by atoms with Crippen molar-refractivity contribution in [3.05, 3.63) is 59.7 Å². The highest BCUT2D eigenvalue weighted by molar-refractivity contribution is 5.68. The van der Waals surface area contributed by atoms with Crippen molar-refractivity contribution < 1.29 is 19.4 Å². The molecule has 0 aliphatic carbocycles. The van der Waals surface area contributed by atoms with E-state index in [1.807, 2.05) is 51.1 Å². The molecule has 0 heterocycles. The lowest BCUT2D eigenvalue weighted by molar-refractivity contribution is 0.0211. The number of aromatic hydroxyl groups is 1. The normalized spacial score (nSPS) is 12.3. The van der Waals surface area contributed by atoms with Crippen LogP contribution in [0.1, 0.15) is 44.4 Å². The van der Waals surface area contributed by atoms with E-state index in [2.05, 4.69) is 0 Å². The maximum absolute atomic E-state index is 12.6. The van der Waals surface area contributed by atoms with Crippen molar-refractivity contribution in [2.45, 2.75) is 45.3 Å². The summed E-state index contributed by atoms with van der Waals surface area (Å²) in [5.41, 5.74) is 1.46. The minimum absolute atomic E-state index is 0.180. The average molecular weight is 371 g/mol. The van der Waals surface area contributed by atoms with Gasteiger partial charge in [-0.2, -0.15) is 0 Å². The van der Waals surface area contributed by atoms with E-state index in [1.165, 1.54) is 0 Å². The van der Waals surface area contributed by atoms with Crippen molar-refractivity contribution in [2.24, 2.45) is 0 Å². The van der Waals surface area contributed by atoms with E-state index < -0.39 is 5.60 Å². The molecule has 0 aliphatic heterocycles. The fourth-order valence-electron chi connectivity index (χ4n) is 2.87. The SMILES string of the molecule is COc1ccc(CCC(c2cccc(O)c2)N(C)C(=O)OC(C)(C)C)cc1. The predicted octanol–water partition coefficient (Wildman–Crippen LogP) is 4.94. The number of amides is 1. The van der Waals surface area contributed by atoms with Gasteiger partial charge in [-0.15, -0.1) is 0 Å². The second kappa shape index (κ2) is 8.80. The highest BCUT2D eigenvalue weighted by Gasteiger charge is 2.26. The fourth-order valence-corrected chi connectivity index (χ4v) is 2.87. The Morgan fingerprint density at radius 3 is 2.37 bits per heavy atom. The zero-order valence-electron chi connectivity index (χ0n) is 16.7. The molecule has 27 heavy (non-hydrogen) atoms. The molecule has 1 atom stereocenters. The minimum Gasteiger partial charge on any atom is -0.508 e. The van der Waals surface area contributed by atoms with E-state index in [-0.39, 0.29) is 17.9 Å². The smallest absolute Gasteiger partial charge is 0.410 e. The number of aryl methyl sites for hydroxylation is 1. The number of carbonyl (C=O) groups is 1. The van der Waals surface area contributed by atoms with Crippen LogP contribution in [0.2, 0.25) is 0 Å². The van der Waals surface area contributed by atoms with E-state index in [0.717, 1.165) is 23.3 Å². The molecule has 146 valence electrons. The van der Waals surface area contributed by atoms with Crippen LogP contribution >= 0.6 is 0 Å². The zero-order chi connectivity index (χ0) is 20.0. The Kier molecular flexibility index (Phi) is 6.72. The summed E-state index contributed by atoms with van der Waals surface area (Å²) in [6.07, 6.45) is 1.09. The number of rotatable bonds is 6. The number of hydrogen-bond donors (Lipinski definition) is 1. The van der Waals surface area contributed by atoms with Crippen molar-refractivity contribution in [2.75, 3.05) is 14.2 Å². The molecule has 5 nitrogen and oxygen atoms in total. The van der Waals surface area contributed by atoms with Crippen LogP contribution in [0.5, 0.6) is 11.5 Å². The standard InChI is InChI=1S/C22H29NO4/c1-22(2,3)27-21(25)23(4)20(17-7-6-8-18(24)15-17)14-11-16-9-12-19(26-5)13-10-16/h6-10,12-13,15,20,24H,11,14H2,1-5H3. The van der Waals surface area contributed by atoms with Crippen LogP contribution in [0.4, 0.5) is 4.79 Å². The van der Waals surface area contributed by atoms with E-state index >= 15 is 0 Å². The molecule has 0 fully saturated rings. The summed E-state index contributed by atoms with van der Waals surface area (Å²) < 4.78 is 10.7. The van der Waals surface area contributed by atoms with Gasteiger partial charge >= 0.3 is 6.09 Å². The van der Waals surface area contributed by atoms with E-state index in [9.17, 15) is 9.90 Å². The maximum atomic E-state index is 12.6. The van der Waals surface area contributed by atoms with E-state index in [1.54, 1.807) is 37.3 Å². The number of benzene rings is 2. The van der Waals surface area contributed by atoms with Crippen LogP contribution in [0, 0.1) is 0 Å². The highest BCUT2D eigenvalue weighted by Crippen LogP contribution is 2.29. The minimum atomic E-state index is -0.565. The largest absolute Gasteiger partial charge is 0.508 e. The first-order valence-corrected chi connectivity index (χ1v) is 9.07. The Morgan fingerprint density at radius 2 is 1.81 bits per heavy atom. The number of nitrogens with zero attached hydrogens (tertiary/aromatic N) is 1. The molecule has 2 aromatic rings. The van der Waals surface area contributed by atoms with Crippen molar-refractivity contribution in [3.8, 4) is 11.5 Å². The number of phenols is 1. The van der Waals surface area contributed by atoms with Crippen molar-refractivity contribution in [3.63, 3.8) is 0 Å². The van der Waals surface area contributed by atoms with Crippen LogP contribution in [0.15, 0.2) is 48.5 Å². The zero-order valence-corrected chi connectivity index (χ0v) is 16.7. The van der Waals surface area contributed by atoms with Gasteiger partial charge in [0.05, 0.1) is 13.2 Å². The first-order valence-electron chi connectivity index (χ1n) is 9.07. The summed E-state index contributed by atoms with van der Waals surface area (Å²) in [6, 6.07) is 14.7. The monoisotopic (exact) mass is 371 g/mol. The highest BCUT2D eigenvalue weighted by atomic mass is 16.6. The van der Waals surface area contributed by atoms with Crippen LogP contribution in [-0.2, 0) is 11.2 Å². The average Bonchev–Trinajstić information content (AvgIpc) is 2.61. The predicted molar refractivity (Wildman–Crippen MR) is 106 cm³/mol. The number of hydrogen-bond acceptors (Lipinski definition) is 4. The van der Waals surface area contributed by atoms with Gasteiger partial charge in [0.25, 0.3) is 0 Å².